The summed E-state index contributed by atoms with van der Waals surface area (Å²) < 4.78 is 0. The van der Waals surface area contributed by atoms with Crippen molar-refractivity contribution in [3.63, 3.8) is 0 Å². The molecular weight excluding hydrogens is 667 g/mol. The van der Waals surface area contributed by atoms with Crippen LogP contribution in [0.15, 0.2) is 212 Å². The molecule has 0 radical (unpaired) electrons. The number of benzene rings is 8. The second-order valence-corrected chi connectivity index (χ2v) is 13.8. The van der Waals surface area contributed by atoms with E-state index in [-0.39, 0.29) is 0 Å². The van der Waals surface area contributed by atoms with Gasteiger partial charge in [-0.05, 0) is 65.0 Å². The fourth-order valence-electron chi connectivity index (χ4n) is 7.90. The van der Waals surface area contributed by atoms with Gasteiger partial charge in [0.15, 0.2) is 0 Å². The molecule has 2 heterocycles. The minimum absolute atomic E-state index is 0.898. The van der Waals surface area contributed by atoms with E-state index >= 15 is 0 Å². The van der Waals surface area contributed by atoms with Gasteiger partial charge in [0.1, 0.15) is 0 Å². The van der Waals surface area contributed by atoms with Gasteiger partial charge in [0.2, 0.25) is 0 Å². The Hall–Kier alpha value is -7.36. The first kappa shape index (κ1) is 32.3. The molecule has 0 aliphatic heterocycles. The second-order valence-electron chi connectivity index (χ2n) is 13.8. The van der Waals surface area contributed by atoms with Gasteiger partial charge in [0.25, 0.3) is 0 Å². The van der Waals surface area contributed by atoms with Crippen LogP contribution in [0, 0.1) is 0 Å². The Labute approximate surface area is 320 Å². The third kappa shape index (κ3) is 5.89. The fourth-order valence-corrected chi connectivity index (χ4v) is 7.90. The largest absolute Gasteiger partial charge is 0.310 e. The highest BCUT2D eigenvalue weighted by molar-refractivity contribution is 6.26. The standard InChI is InChI=1S/C52H35N3/c1-5-19-36(20-6-1)38-33-48(37-21-7-2-8-22-37)53-49(34-38)41-27-13-16-30-44(41)52-46-35-50(55(39-23-9-3-10-24-39)40-25-11-4-12-26-40)42-28-14-15-29-43(42)51(46)45-31-17-18-32-47(45)54-52/h1-35H. The Kier molecular flexibility index (Phi) is 8.16. The van der Waals surface area contributed by atoms with Gasteiger partial charge in [0.05, 0.1) is 28.3 Å². The van der Waals surface area contributed by atoms with Crippen molar-refractivity contribution < 1.29 is 0 Å². The summed E-state index contributed by atoms with van der Waals surface area (Å²) in [4.78, 5) is 13.3. The van der Waals surface area contributed by atoms with Gasteiger partial charge in [-0.1, -0.05) is 164 Å². The van der Waals surface area contributed by atoms with Crippen LogP contribution < -0.4 is 4.90 Å². The Morgan fingerprint density at radius 1 is 0.327 bits per heavy atom. The van der Waals surface area contributed by atoms with Crippen molar-refractivity contribution >= 4 is 49.5 Å². The summed E-state index contributed by atoms with van der Waals surface area (Å²) in [6, 6.07) is 75.0. The average Bonchev–Trinajstić information content (AvgIpc) is 3.27. The van der Waals surface area contributed by atoms with E-state index < -0.39 is 0 Å². The maximum Gasteiger partial charge on any atom is 0.0795 e. The number of para-hydroxylation sites is 3. The third-order valence-electron chi connectivity index (χ3n) is 10.4. The zero-order valence-electron chi connectivity index (χ0n) is 30.0. The van der Waals surface area contributed by atoms with Gasteiger partial charge in [-0.15, -0.1) is 0 Å². The van der Waals surface area contributed by atoms with Crippen molar-refractivity contribution in [1.29, 1.82) is 0 Å². The fraction of sp³-hybridized carbons (Fsp3) is 0. The molecule has 0 atom stereocenters. The Morgan fingerprint density at radius 3 is 1.51 bits per heavy atom. The lowest BCUT2D eigenvalue weighted by molar-refractivity contribution is 1.30. The topological polar surface area (TPSA) is 29.0 Å². The number of aromatic nitrogens is 2. The highest BCUT2D eigenvalue weighted by Gasteiger charge is 2.22. The maximum absolute atomic E-state index is 5.53. The SMILES string of the molecule is c1ccc(-c2cc(-c3ccccc3)nc(-c3ccccc3-c3nc4ccccc4c4c3cc(N(c3ccccc3)c3ccccc3)c3ccccc34)c2)cc1. The lowest BCUT2D eigenvalue weighted by Crippen LogP contribution is -2.10. The van der Waals surface area contributed by atoms with E-state index in [1.54, 1.807) is 0 Å². The minimum Gasteiger partial charge on any atom is -0.310 e. The molecule has 0 aliphatic rings. The van der Waals surface area contributed by atoms with E-state index in [2.05, 4.69) is 211 Å². The monoisotopic (exact) mass is 701 g/mol. The number of pyridine rings is 2. The number of nitrogens with zero attached hydrogens (tertiary/aromatic N) is 3. The Bertz CT molecular complexity index is 2860. The highest BCUT2D eigenvalue weighted by atomic mass is 15.1. The smallest absolute Gasteiger partial charge is 0.0795 e. The summed E-state index contributed by atoms with van der Waals surface area (Å²) in [7, 11) is 0. The third-order valence-corrected chi connectivity index (χ3v) is 10.4. The summed E-state index contributed by atoms with van der Waals surface area (Å²) in [5.74, 6) is 0. The molecule has 2 aromatic heterocycles. The number of fused-ring (bicyclic) bond motifs is 5. The van der Waals surface area contributed by atoms with Crippen LogP contribution in [0.25, 0.3) is 77.3 Å². The molecular formula is C52H35N3. The van der Waals surface area contributed by atoms with Gasteiger partial charge in [-0.2, -0.15) is 0 Å². The molecule has 55 heavy (non-hydrogen) atoms. The van der Waals surface area contributed by atoms with Crippen molar-refractivity contribution in [3.05, 3.63) is 212 Å². The van der Waals surface area contributed by atoms with Crippen LogP contribution >= 0.6 is 0 Å². The second kappa shape index (κ2) is 13.9. The molecule has 3 heteroatoms. The van der Waals surface area contributed by atoms with E-state index in [0.717, 1.165) is 78.3 Å². The van der Waals surface area contributed by atoms with Crippen molar-refractivity contribution in [2.45, 2.75) is 0 Å². The lowest BCUT2D eigenvalue weighted by atomic mass is 9.91. The predicted octanol–water partition coefficient (Wildman–Crippen LogP) is 14.1. The van der Waals surface area contributed by atoms with Crippen LogP contribution in [0.1, 0.15) is 0 Å². The molecule has 0 N–H and O–H groups in total. The van der Waals surface area contributed by atoms with Crippen molar-refractivity contribution in [2.24, 2.45) is 0 Å². The highest BCUT2D eigenvalue weighted by Crippen LogP contribution is 2.46. The molecule has 10 rings (SSSR count). The molecule has 3 nitrogen and oxygen atoms in total. The van der Waals surface area contributed by atoms with Gasteiger partial charge < -0.3 is 4.90 Å². The molecule has 0 fully saturated rings. The van der Waals surface area contributed by atoms with Crippen LogP contribution in [-0.4, -0.2) is 9.97 Å². The van der Waals surface area contributed by atoms with E-state index in [0.29, 0.717) is 0 Å². The minimum atomic E-state index is 0.898. The van der Waals surface area contributed by atoms with E-state index in [1.165, 1.54) is 16.2 Å². The first-order valence-corrected chi connectivity index (χ1v) is 18.7. The van der Waals surface area contributed by atoms with Crippen LogP contribution in [-0.2, 0) is 0 Å². The maximum atomic E-state index is 5.53. The van der Waals surface area contributed by atoms with Crippen LogP contribution in [0.4, 0.5) is 17.1 Å². The predicted molar refractivity (Wildman–Crippen MR) is 231 cm³/mol. The summed E-state index contributed by atoms with van der Waals surface area (Å²) >= 11 is 0. The van der Waals surface area contributed by atoms with Gasteiger partial charge in [-0.25, -0.2) is 9.97 Å². The van der Waals surface area contributed by atoms with E-state index in [4.69, 9.17) is 9.97 Å². The van der Waals surface area contributed by atoms with Crippen molar-refractivity contribution in [2.75, 3.05) is 4.90 Å². The number of hydrogen-bond acceptors (Lipinski definition) is 3. The zero-order chi connectivity index (χ0) is 36.6. The molecule has 0 aliphatic carbocycles. The van der Waals surface area contributed by atoms with Gasteiger partial charge in [0, 0.05) is 49.6 Å². The first-order valence-electron chi connectivity index (χ1n) is 18.7. The average molecular weight is 702 g/mol. The lowest BCUT2D eigenvalue weighted by Gasteiger charge is -2.28. The molecule has 0 bridgehead atoms. The summed E-state index contributed by atoms with van der Waals surface area (Å²) in [5.41, 5.74) is 12.4. The van der Waals surface area contributed by atoms with Crippen LogP contribution in [0.3, 0.4) is 0 Å². The van der Waals surface area contributed by atoms with Gasteiger partial charge >= 0.3 is 0 Å². The number of hydrogen-bond donors (Lipinski definition) is 0. The quantitative estimate of drug-likeness (QED) is 0.155. The molecule has 0 unspecified atom stereocenters. The van der Waals surface area contributed by atoms with E-state index in [1.807, 2.05) is 6.07 Å². The Morgan fingerprint density at radius 2 is 0.836 bits per heavy atom. The molecule has 8 aromatic carbocycles. The summed E-state index contributed by atoms with van der Waals surface area (Å²) in [6.45, 7) is 0. The Balaban J connectivity index is 1.29. The molecule has 0 saturated carbocycles. The zero-order valence-corrected chi connectivity index (χ0v) is 30.0. The molecule has 258 valence electrons. The van der Waals surface area contributed by atoms with E-state index in [9.17, 15) is 0 Å². The van der Waals surface area contributed by atoms with Crippen molar-refractivity contribution in [3.8, 4) is 44.9 Å². The normalized spacial score (nSPS) is 11.3. The summed E-state index contributed by atoms with van der Waals surface area (Å²) in [5, 5.41) is 5.75. The van der Waals surface area contributed by atoms with Gasteiger partial charge in [-0.3, -0.25) is 0 Å². The summed E-state index contributed by atoms with van der Waals surface area (Å²) in [6.07, 6.45) is 0. The molecule has 0 spiro atoms. The molecule has 0 saturated heterocycles. The first-order chi connectivity index (χ1) is 27.3. The molecule has 0 amide bonds. The van der Waals surface area contributed by atoms with Crippen LogP contribution in [0.5, 0.6) is 0 Å². The van der Waals surface area contributed by atoms with Crippen molar-refractivity contribution in [1.82, 2.24) is 9.97 Å². The number of anilines is 3. The molecule has 10 aromatic rings. The van der Waals surface area contributed by atoms with Crippen LogP contribution in [0.2, 0.25) is 0 Å². The number of rotatable bonds is 7.